The van der Waals surface area contributed by atoms with Crippen LogP contribution in [0.2, 0.25) is 5.02 Å². The van der Waals surface area contributed by atoms with Crippen LogP contribution in [0.4, 0.5) is 16.0 Å². The van der Waals surface area contributed by atoms with Crippen LogP contribution in [-0.4, -0.2) is 16.1 Å². The summed E-state index contributed by atoms with van der Waals surface area (Å²) in [5.74, 6) is 0.0775. The Morgan fingerprint density at radius 2 is 1.64 bits per heavy atom. The van der Waals surface area contributed by atoms with Gasteiger partial charge in [0.2, 0.25) is 0 Å². The number of anilines is 2. The summed E-state index contributed by atoms with van der Waals surface area (Å²) in [5, 5.41) is 14.3. The van der Waals surface area contributed by atoms with Crippen molar-refractivity contribution in [2.75, 3.05) is 10.6 Å². The summed E-state index contributed by atoms with van der Waals surface area (Å²) in [4.78, 5) is 12.0. The second-order valence-electron chi connectivity index (χ2n) is 5.21. The maximum Gasteiger partial charge on any atom is 0.256 e. The van der Waals surface area contributed by atoms with Gasteiger partial charge in [-0.05, 0) is 48.0 Å². The van der Waals surface area contributed by atoms with Gasteiger partial charge in [-0.3, -0.25) is 4.79 Å². The lowest BCUT2D eigenvalue weighted by molar-refractivity contribution is 0.102. The Balaban J connectivity index is 1.59. The van der Waals surface area contributed by atoms with Gasteiger partial charge in [0, 0.05) is 17.1 Å². The van der Waals surface area contributed by atoms with E-state index >= 15 is 0 Å². The summed E-state index contributed by atoms with van der Waals surface area (Å²) in [6.07, 6.45) is 0. The van der Waals surface area contributed by atoms with Gasteiger partial charge in [-0.1, -0.05) is 29.8 Å². The summed E-state index contributed by atoms with van der Waals surface area (Å²) in [6.45, 7) is 0.510. The zero-order valence-corrected chi connectivity index (χ0v) is 13.8. The van der Waals surface area contributed by atoms with Crippen LogP contribution in [0.1, 0.15) is 15.9 Å². The maximum atomic E-state index is 12.9. The van der Waals surface area contributed by atoms with Gasteiger partial charge in [0.1, 0.15) is 11.6 Å². The van der Waals surface area contributed by atoms with Crippen molar-refractivity contribution in [2.24, 2.45) is 0 Å². The number of hydrogen-bond acceptors (Lipinski definition) is 4. The molecule has 5 nitrogen and oxygen atoms in total. The van der Waals surface area contributed by atoms with Crippen LogP contribution in [0, 0.1) is 5.82 Å². The van der Waals surface area contributed by atoms with E-state index in [9.17, 15) is 9.18 Å². The van der Waals surface area contributed by atoms with E-state index in [1.807, 2.05) is 24.3 Å². The molecule has 0 atom stereocenters. The minimum atomic E-state index is -0.398. The van der Waals surface area contributed by atoms with Gasteiger partial charge in [0.15, 0.2) is 5.82 Å². The summed E-state index contributed by atoms with van der Waals surface area (Å²) >= 11 is 6.09. The Hall–Kier alpha value is -2.99. The smallest absolute Gasteiger partial charge is 0.256 e. The van der Waals surface area contributed by atoms with Crippen molar-refractivity contribution in [1.29, 1.82) is 0 Å². The molecule has 0 aliphatic rings. The van der Waals surface area contributed by atoms with E-state index < -0.39 is 5.82 Å². The molecule has 0 saturated heterocycles. The Morgan fingerprint density at radius 1 is 0.960 bits per heavy atom. The molecule has 1 heterocycles. The number of nitrogens with one attached hydrogen (secondary N) is 2. The number of amides is 1. The SMILES string of the molecule is O=C(Nc1ccc(NCc2ccccc2Cl)nn1)c1ccc(F)cc1. The standard InChI is InChI=1S/C18H14ClFN4O/c19-15-4-2-1-3-13(15)11-21-16-9-10-17(24-23-16)22-18(25)12-5-7-14(20)8-6-12/h1-10H,11H2,(H,21,23)(H,22,24,25). The van der Waals surface area contributed by atoms with Gasteiger partial charge in [0.25, 0.3) is 5.91 Å². The van der Waals surface area contributed by atoms with E-state index in [0.29, 0.717) is 28.8 Å². The quantitative estimate of drug-likeness (QED) is 0.721. The molecular weight excluding hydrogens is 343 g/mol. The molecule has 0 aliphatic carbocycles. The first-order valence-electron chi connectivity index (χ1n) is 7.50. The van der Waals surface area contributed by atoms with Crippen molar-refractivity contribution < 1.29 is 9.18 Å². The lowest BCUT2D eigenvalue weighted by Gasteiger charge is -2.08. The number of aromatic nitrogens is 2. The Kier molecular flexibility index (Phi) is 5.20. The number of carbonyl (C=O) groups excluding carboxylic acids is 1. The minimum Gasteiger partial charge on any atom is -0.364 e. The first-order chi connectivity index (χ1) is 12.1. The second kappa shape index (κ2) is 7.72. The normalized spacial score (nSPS) is 10.3. The first-order valence-corrected chi connectivity index (χ1v) is 7.87. The van der Waals surface area contributed by atoms with Gasteiger partial charge < -0.3 is 10.6 Å². The molecule has 0 unspecified atom stereocenters. The topological polar surface area (TPSA) is 66.9 Å². The molecule has 0 bridgehead atoms. The average molecular weight is 357 g/mol. The predicted octanol–water partition coefficient (Wildman–Crippen LogP) is 4.13. The number of benzene rings is 2. The Labute approximate surface area is 148 Å². The van der Waals surface area contributed by atoms with E-state index in [-0.39, 0.29) is 5.91 Å². The number of hydrogen-bond donors (Lipinski definition) is 2. The molecule has 1 aromatic heterocycles. The fraction of sp³-hybridized carbons (Fsp3) is 0.0556. The number of carbonyl (C=O) groups is 1. The van der Waals surface area contributed by atoms with Crippen LogP contribution >= 0.6 is 11.6 Å². The van der Waals surface area contributed by atoms with Gasteiger partial charge in [-0.25, -0.2) is 4.39 Å². The van der Waals surface area contributed by atoms with Gasteiger partial charge in [0.05, 0.1) is 0 Å². The number of halogens is 2. The molecule has 0 saturated carbocycles. The highest BCUT2D eigenvalue weighted by Gasteiger charge is 2.07. The predicted molar refractivity (Wildman–Crippen MR) is 95.2 cm³/mol. The van der Waals surface area contributed by atoms with Crippen LogP contribution in [0.25, 0.3) is 0 Å². The van der Waals surface area contributed by atoms with Crippen LogP contribution in [0.15, 0.2) is 60.7 Å². The Morgan fingerprint density at radius 3 is 2.32 bits per heavy atom. The van der Waals surface area contributed by atoms with Crippen molar-refractivity contribution in [1.82, 2.24) is 10.2 Å². The molecule has 2 N–H and O–H groups in total. The maximum absolute atomic E-state index is 12.9. The van der Waals surface area contributed by atoms with Crippen LogP contribution in [0.3, 0.4) is 0 Å². The molecule has 1 amide bonds. The molecule has 126 valence electrons. The summed E-state index contributed by atoms with van der Waals surface area (Å²) in [7, 11) is 0. The highest BCUT2D eigenvalue weighted by molar-refractivity contribution is 6.31. The molecule has 3 rings (SSSR count). The zero-order chi connectivity index (χ0) is 17.6. The highest BCUT2D eigenvalue weighted by Crippen LogP contribution is 2.16. The van der Waals surface area contributed by atoms with Gasteiger partial charge in [-0.2, -0.15) is 0 Å². The van der Waals surface area contributed by atoms with E-state index in [1.165, 1.54) is 24.3 Å². The summed E-state index contributed by atoms with van der Waals surface area (Å²) in [6, 6.07) is 16.1. The third-order valence-electron chi connectivity index (χ3n) is 3.43. The Bertz CT molecular complexity index is 869. The van der Waals surface area contributed by atoms with Gasteiger partial charge >= 0.3 is 0 Å². The molecule has 7 heteroatoms. The molecule has 0 aliphatic heterocycles. The van der Waals surface area contributed by atoms with Crippen molar-refractivity contribution in [3.05, 3.63) is 82.6 Å². The van der Waals surface area contributed by atoms with E-state index in [4.69, 9.17) is 11.6 Å². The largest absolute Gasteiger partial charge is 0.364 e. The number of rotatable bonds is 5. The van der Waals surface area contributed by atoms with Crippen molar-refractivity contribution in [2.45, 2.75) is 6.54 Å². The third kappa shape index (κ3) is 4.51. The average Bonchev–Trinajstić information content (AvgIpc) is 2.63. The lowest BCUT2D eigenvalue weighted by Crippen LogP contribution is -2.13. The van der Waals surface area contributed by atoms with Crippen LogP contribution < -0.4 is 10.6 Å². The minimum absolute atomic E-state index is 0.303. The van der Waals surface area contributed by atoms with Crippen molar-refractivity contribution >= 4 is 29.1 Å². The van der Waals surface area contributed by atoms with Crippen LogP contribution in [-0.2, 0) is 6.54 Å². The van der Waals surface area contributed by atoms with E-state index in [0.717, 1.165) is 5.56 Å². The summed E-state index contributed by atoms with van der Waals surface area (Å²) < 4.78 is 12.9. The molecule has 3 aromatic rings. The fourth-order valence-electron chi connectivity index (χ4n) is 2.11. The molecule has 25 heavy (non-hydrogen) atoms. The first kappa shape index (κ1) is 16.9. The molecular formula is C18H14ClFN4O. The third-order valence-corrected chi connectivity index (χ3v) is 3.80. The van der Waals surface area contributed by atoms with E-state index in [2.05, 4.69) is 20.8 Å². The van der Waals surface area contributed by atoms with Crippen LogP contribution in [0.5, 0.6) is 0 Å². The van der Waals surface area contributed by atoms with Crippen molar-refractivity contribution in [3.8, 4) is 0 Å². The van der Waals surface area contributed by atoms with Crippen molar-refractivity contribution in [3.63, 3.8) is 0 Å². The second-order valence-corrected chi connectivity index (χ2v) is 5.62. The molecule has 0 radical (unpaired) electrons. The zero-order valence-electron chi connectivity index (χ0n) is 13.0. The molecule has 0 spiro atoms. The number of nitrogens with zero attached hydrogens (tertiary/aromatic N) is 2. The molecule has 0 fully saturated rings. The highest BCUT2D eigenvalue weighted by atomic mass is 35.5. The lowest BCUT2D eigenvalue weighted by atomic mass is 10.2. The molecule has 2 aromatic carbocycles. The monoisotopic (exact) mass is 356 g/mol. The fourth-order valence-corrected chi connectivity index (χ4v) is 2.31. The summed E-state index contributed by atoms with van der Waals surface area (Å²) in [5.41, 5.74) is 1.28. The van der Waals surface area contributed by atoms with Gasteiger partial charge in [-0.15, -0.1) is 10.2 Å². The van der Waals surface area contributed by atoms with E-state index in [1.54, 1.807) is 12.1 Å².